The highest BCUT2D eigenvalue weighted by atomic mass is 16.2. The van der Waals surface area contributed by atoms with E-state index in [2.05, 4.69) is 19.2 Å². The van der Waals surface area contributed by atoms with Crippen molar-refractivity contribution < 1.29 is 9.59 Å². The lowest BCUT2D eigenvalue weighted by Gasteiger charge is -2.44. The first-order chi connectivity index (χ1) is 8.47. The maximum absolute atomic E-state index is 12.6. The Morgan fingerprint density at radius 2 is 1.72 bits per heavy atom. The largest absolute Gasteiger partial charge is 0.342 e. The molecule has 2 atom stereocenters. The monoisotopic (exact) mass is 254 g/mol. The van der Waals surface area contributed by atoms with Crippen LogP contribution >= 0.6 is 0 Å². The van der Waals surface area contributed by atoms with Gasteiger partial charge in [-0.2, -0.15) is 0 Å². The molecule has 0 aromatic heterocycles. The van der Waals surface area contributed by atoms with E-state index in [-0.39, 0.29) is 35.9 Å². The highest BCUT2D eigenvalue weighted by Gasteiger charge is 2.42. The van der Waals surface area contributed by atoms with E-state index in [0.29, 0.717) is 6.42 Å². The highest BCUT2D eigenvalue weighted by molar-refractivity contribution is 5.97. The van der Waals surface area contributed by atoms with Crippen molar-refractivity contribution in [1.82, 2.24) is 10.2 Å². The lowest BCUT2D eigenvalue weighted by atomic mass is 9.94. The van der Waals surface area contributed by atoms with Crippen molar-refractivity contribution in [1.29, 1.82) is 0 Å². The fourth-order valence-corrected chi connectivity index (χ4v) is 2.70. The van der Waals surface area contributed by atoms with Crippen LogP contribution in [0.4, 0.5) is 0 Å². The van der Waals surface area contributed by atoms with Gasteiger partial charge in [-0.15, -0.1) is 0 Å². The maximum atomic E-state index is 12.6. The summed E-state index contributed by atoms with van der Waals surface area (Å²) in [4.78, 5) is 26.5. The van der Waals surface area contributed by atoms with Crippen molar-refractivity contribution in [2.45, 2.75) is 72.0 Å². The first-order valence-electron chi connectivity index (χ1n) is 7.10. The molecule has 0 radical (unpaired) electrons. The van der Waals surface area contributed by atoms with Crippen LogP contribution in [-0.4, -0.2) is 34.8 Å². The molecule has 0 aromatic carbocycles. The third-order valence-corrected chi connectivity index (χ3v) is 3.85. The molecule has 1 aliphatic heterocycles. The molecule has 2 unspecified atom stereocenters. The summed E-state index contributed by atoms with van der Waals surface area (Å²) in [5.74, 6) is 0.226. The van der Waals surface area contributed by atoms with Crippen molar-refractivity contribution >= 4 is 11.8 Å². The minimum atomic E-state index is -0.360. The Bertz CT molecular complexity index is 311. The molecule has 0 saturated carbocycles. The van der Waals surface area contributed by atoms with E-state index in [4.69, 9.17) is 0 Å². The van der Waals surface area contributed by atoms with Gasteiger partial charge >= 0.3 is 0 Å². The van der Waals surface area contributed by atoms with Crippen molar-refractivity contribution in [3.63, 3.8) is 0 Å². The lowest BCUT2D eigenvalue weighted by Crippen LogP contribution is -2.66. The number of carbonyl (C=O) groups excluding carboxylic acids is 2. The van der Waals surface area contributed by atoms with Gasteiger partial charge in [0.1, 0.15) is 12.1 Å². The van der Waals surface area contributed by atoms with Crippen LogP contribution in [0.3, 0.4) is 0 Å². The molecule has 1 saturated heterocycles. The molecule has 18 heavy (non-hydrogen) atoms. The van der Waals surface area contributed by atoms with Crippen LogP contribution in [0, 0.1) is 5.92 Å². The summed E-state index contributed by atoms with van der Waals surface area (Å²) in [6.07, 6.45) is 2.48. The van der Waals surface area contributed by atoms with Crippen molar-refractivity contribution in [3.05, 3.63) is 0 Å². The zero-order valence-corrected chi connectivity index (χ0v) is 12.2. The fraction of sp³-hybridized carbons (Fsp3) is 0.857. The van der Waals surface area contributed by atoms with Gasteiger partial charge < -0.3 is 10.2 Å². The van der Waals surface area contributed by atoms with E-state index >= 15 is 0 Å². The van der Waals surface area contributed by atoms with Gasteiger partial charge in [0.2, 0.25) is 11.8 Å². The van der Waals surface area contributed by atoms with Crippen LogP contribution in [0.5, 0.6) is 0 Å². The molecule has 0 spiro atoms. The molecule has 1 N–H and O–H groups in total. The molecular formula is C14H26N2O2. The summed E-state index contributed by atoms with van der Waals surface area (Å²) in [6.45, 7) is 10.1. The Kier molecular flexibility index (Phi) is 5.17. The average Bonchev–Trinajstić information content (AvgIpc) is 2.34. The second-order valence-electron chi connectivity index (χ2n) is 5.37. The quantitative estimate of drug-likeness (QED) is 0.815. The predicted octanol–water partition coefficient (Wildman–Crippen LogP) is 1.94. The van der Waals surface area contributed by atoms with Crippen LogP contribution in [0.2, 0.25) is 0 Å². The normalized spacial score (nSPS) is 24.9. The van der Waals surface area contributed by atoms with Gasteiger partial charge in [0.25, 0.3) is 0 Å². The van der Waals surface area contributed by atoms with Crippen LogP contribution in [0.15, 0.2) is 0 Å². The smallest absolute Gasteiger partial charge is 0.246 e. The summed E-state index contributed by atoms with van der Waals surface area (Å²) in [5, 5.41) is 2.87. The second kappa shape index (κ2) is 6.21. The Hall–Kier alpha value is -1.06. The van der Waals surface area contributed by atoms with Gasteiger partial charge in [0.15, 0.2) is 0 Å². The molecule has 0 aliphatic carbocycles. The summed E-state index contributed by atoms with van der Waals surface area (Å²) in [7, 11) is 0. The lowest BCUT2D eigenvalue weighted by molar-refractivity contribution is -0.153. The summed E-state index contributed by atoms with van der Waals surface area (Å²) in [5.41, 5.74) is 0. The number of rotatable bonds is 5. The molecule has 1 fully saturated rings. The summed E-state index contributed by atoms with van der Waals surface area (Å²) in [6, 6.07) is -0.479. The molecule has 1 aliphatic rings. The van der Waals surface area contributed by atoms with E-state index in [1.165, 1.54) is 0 Å². The molecular weight excluding hydrogens is 228 g/mol. The van der Waals surface area contributed by atoms with E-state index in [1.54, 1.807) is 0 Å². The Balaban J connectivity index is 3.05. The van der Waals surface area contributed by atoms with E-state index in [1.807, 2.05) is 25.7 Å². The Morgan fingerprint density at radius 3 is 2.11 bits per heavy atom. The number of amides is 2. The van der Waals surface area contributed by atoms with Crippen molar-refractivity contribution in [2.24, 2.45) is 5.92 Å². The maximum Gasteiger partial charge on any atom is 0.246 e. The highest BCUT2D eigenvalue weighted by Crippen LogP contribution is 2.22. The minimum Gasteiger partial charge on any atom is -0.342 e. The van der Waals surface area contributed by atoms with E-state index in [0.717, 1.165) is 12.8 Å². The third-order valence-electron chi connectivity index (χ3n) is 3.85. The van der Waals surface area contributed by atoms with Crippen LogP contribution < -0.4 is 5.32 Å². The molecule has 104 valence electrons. The fourth-order valence-electron chi connectivity index (χ4n) is 2.70. The van der Waals surface area contributed by atoms with Crippen LogP contribution in [0.25, 0.3) is 0 Å². The van der Waals surface area contributed by atoms with Gasteiger partial charge in [-0.3, -0.25) is 9.59 Å². The first kappa shape index (κ1) is 15.0. The summed E-state index contributed by atoms with van der Waals surface area (Å²) < 4.78 is 0. The summed E-state index contributed by atoms with van der Waals surface area (Å²) >= 11 is 0. The number of nitrogens with zero attached hydrogens (tertiary/aromatic N) is 1. The zero-order chi connectivity index (χ0) is 13.9. The Morgan fingerprint density at radius 1 is 1.17 bits per heavy atom. The first-order valence-corrected chi connectivity index (χ1v) is 7.10. The molecule has 2 amide bonds. The standard InChI is InChI=1S/C14H26N2O2/c1-6-10(7-2)16-11(8-3)13(17)15-12(9(4)5)14(16)18/h9-12H,6-8H2,1-5H3,(H,15,17). The van der Waals surface area contributed by atoms with Crippen molar-refractivity contribution in [2.75, 3.05) is 0 Å². The van der Waals surface area contributed by atoms with Gasteiger partial charge in [-0.05, 0) is 25.2 Å². The van der Waals surface area contributed by atoms with Gasteiger partial charge in [0, 0.05) is 6.04 Å². The van der Waals surface area contributed by atoms with Gasteiger partial charge in [-0.25, -0.2) is 0 Å². The van der Waals surface area contributed by atoms with Gasteiger partial charge in [0.05, 0.1) is 0 Å². The predicted molar refractivity (Wildman–Crippen MR) is 72.1 cm³/mol. The number of hydrogen-bond donors (Lipinski definition) is 1. The number of nitrogens with one attached hydrogen (secondary N) is 1. The zero-order valence-electron chi connectivity index (χ0n) is 12.2. The number of hydrogen-bond acceptors (Lipinski definition) is 2. The minimum absolute atomic E-state index is 0.00250. The van der Waals surface area contributed by atoms with Crippen LogP contribution in [-0.2, 0) is 9.59 Å². The molecule has 0 bridgehead atoms. The number of piperazine rings is 1. The number of carbonyl (C=O) groups is 2. The van der Waals surface area contributed by atoms with Crippen molar-refractivity contribution in [3.8, 4) is 0 Å². The average molecular weight is 254 g/mol. The molecule has 4 heteroatoms. The Labute approximate surface area is 110 Å². The van der Waals surface area contributed by atoms with Crippen LogP contribution in [0.1, 0.15) is 53.9 Å². The SMILES string of the molecule is CCC(CC)N1C(=O)C(C(C)C)NC(=O)C1CC. The molecule has 1 rings (SSSR count). The van der Waals surface area contributed by atoms with E-state index < -0.39 is 0 Å². The topological polar surface area (TPSA) is 49.4 Å². The van der Waals surface area contributed by atoms with Gasteiger partial charge in [-0.1, -0.05) is 34.6 Å². The molecule has 0 aromatic rings. The second-order valence-corrected chi connectivity index (χ2v) is 5.37. The van der Waals surface area contributed by atoms with E-state index in [9.17, 15) is 9.59 Å². The molecule has 1 heterocycles. The third kappa shape index (κ3) is 2.68. The molecule has 4 nitrogen and oxygen atoms in total.